The Morgan fingerprint density at radius 2 is 0.500 bits per heavy atom. The molecular formula is C72H44. The fourth-order valence-electron chi connectivity index (χ4n) is 14.2. The van der Waals surface area contributed by atoms with E-state index >= 15 is 0 Å². The van der Waals surface area contributed by atoms with E-state index in [4.69, 9.17) is 0 Å². The molecule has 0 unspecified atom stereocenters. The van der Waals surface area contributed by atoms with E-state index in [2.05, 4.69) is 267 Å². The monoisotopic (exact) mass is 908 g/mol. The first-order valence-electron chi connectivity index (χ1n) is 25.3. The lowest BCUT2D eigenvalue weighted by molar-refractivity contribution is 0.633. The summed E-state index contributed by atoms with van der Waals surface area (Å²) in [6, 6.07) is 102. The minimum atomic E-state index is -0.574. The average Bonchev–Trinajstić information content (AvgIpc) is 3.92. The van der Waals surface area contributed by atoms with Crippen LogP contribution in [0.3, 0.4) is 0 Å². The van der Waals surface area contributed by atoms with Crippen LogP contribution in [-0.2, 0) is 10.8 Å². The molecule has 0 N–H and O–H groups in total. The molecule has 332 valence electrons. The van der Waals surface area contributed by atoms with Gasteiger partial charge in [0.15, 0.2) is 0 Å². The molecule has 13 aromatic carbocycles. The Balaban J connectivity index is 1.05. The largest absolute Gasteiger partial charge is 0.0720 e. The Bertz CT molecular complexity index is 4370. The highest BCUT2D eigenvalue weighted by Gasteiger charge is 2.59. The molecular weight excluding hydrogens is 865 g/mol. The fraction of sp³-hybridized carbons (Fsp3) is 0.0278. The topological polar surface area (TPSA) is 0 Å². The normalized spacial score (nSPS) is 14.1. The highest BCUT2D eigenvalue weighted by atomic mass is 14.6. The van der Waals surface area contributed by atoms with Crippen LogP contribution in [0.5, 0.6) is 0 Å². The summed E-state index contributed by atoms with van der Waals surface area (Å²) in [6.07, 6.45) is 0. The second-order valence-corrected chi connectivity index (χ2v) is 20.1. The van der Waals surface area contributed by atoms with Crippen LogP contribution in [0.1, 0.15) is 44.5 Å². The lowest BCUT2D eigenvalue weighted by Gasteiger charge is -2.49. The molecule has 0 saturated carbocycles. The van der Waals surface area contributed by atoms with Crippen LogP contribution in [0.15, 0.2) is 267 Å². The maximum atomic E-state index is 2.60. The zero-order valence-electron chi connectivity index (χ0n) is 39.4. The Kier molecular flexibility index (Phi) is 8.12. The summed E-state index contributed by atoms with van der Waals surface area (Å²) >= 11 is 0. The van der Waals surface area contributed by atoms with Gasteiger partial charge < -0.3 is 0 Å². The number of hydrogen-bond donors (Lipinski definition) is 0. The van der Waals surface area contributed by atoms with E-state index in [0.717, 1.165) is 0 Å². The van der Waals surface area contributed by atoms with E-state index < -0.39 is 10.8 Å². The van der Waals surface area contributed by atoms with Crippen LogP contribution in [0.2, 0.25) is 0 Å². The molecule has 72 heavy (non-hydrogen) atoms. The molecule has 3 aliphatic rings. The Hall–Kier alpha value is -9.10. The summed E-state index contributed by atoms with van der Waals surface area (Å²) in [5.74, 6) is 0. The van der Waals surface area contributed by atoms with Gasteiger partial charge in [-0.1, -0.05) is 255 Å². The van der Waals surface area contributed by atoms with Crippen molar-refractivity contribution in [2.75, 3.05) is 0 Å². The maximum Gasteiger partial charge on any atom is 0.0720 e. The third-order valence-corrected chi connectivity index (χ3v) is 16.9. The smallest absolute Gasteiger partial charge is 0.0619 e. The molecule has 0 heterocycles. The summed E-state index contributed by atoms with van der Waals surface area (Å²) in [5.41, 5.74) is 22.3. The van der Waals surface area contributed by atoms with Gasteiger partial charge in [0, 0.05) is 0 Å². The van der Waals surface area contributed by atoms with E-state index in [0.29, 0.717) is 0 Å². The van der Waals surface area contributed by atoms with Crippen molar-refractivity contribution in [3.05, 3.63) is 311 Å². The molecule has 13 aromatic rings. The average molecular weight is 909 g/mol. The predicted octanol–water partition coefficient (Wildman–Crippen LogP) is 18.3. The number of hydrogen-bond acceptors (Lipinski definition) is 0. The van der Waals surface area contributed by atoms with Crippen molar-refractivity contribution in [2.45, 2.75) is 10.8 Å². The molecule has 0 heteroatoms. The van der Waals surface area contributed by atoms with Gasteiger partial charge in [-0.25, -0.2) is 0 Å². The van der Waals surface area contributed by atoms with E-state index in [1.165, 1.54) is 143 Å². The van der Waals surface area contributed by atoms with Gasteiger partial charge >= 0.3 is 0 Å². The standard InChI is InChI=1S/C72H44/c1-3-23-49-45(19-1)21-17-31-55(49)69-57-29-5-6-30-58(57)70(56-32-18-22-46-20-2-4-24-50(46)56)60-43-47(39-41-59(60)69)48-40-42-67-68(44-48)72(63-35-13-9-27-53(63)54-28-10-14-36-64(54)72)66-38-16-15-37-65(66)71(67)61-33-11-7-25-51(61)52-26-8-12-34-62(52)71/h1-44H. The van der Waals surface area contributed by atoms with Gasteiger partial charge in [-0.15, -0.1) is 0 Å². The fourth-order valence-corrected chi connectivity index (χ4v) is 14.2. The third-order valence-electron chi connectivity index (χ3n) is 16.9. The Morgan fingerprint density at radius 3 is 1.00 bits per heavy atom. The molecule has 0 fully saturated rings. The van der Waals surface area contributed by atoms with Gasteiger partial charge in [0.1, 0.15) is 0 Å². The minimum Gasteiger partial charge on any atom is -0.0619 e. The van der Waals surface area contributed by atoms with Crippen molar-refractivity contribution < 1.29 is 0 Å². The SMILES string of the molecule is c1ccc2c(c1)-c1ccccc1C21c2ccccc2C2(c3ccccc3-c3ccccc32)c2cc(-c3ccc4c(-c5cccc6ccccc56)c5ccccc5c(-c5cccc6ccccc56)c4c3)ccc21. The van der Waals surface area contributed by atoms with Crippen molar-refractivity contribution in [2.24, 2.45) is 0 Å². The first-order chi connectivity index (χ1) is 35.7. The summed E-state index contributed by atoms with van der Waals surface area (Å²) in [4.78, 5) is 0. The van der Waals surface area contributed by atoms with E-state index in [1.807, 2.05) is 0 Å². The highest BCUT2D eigenvalue weighted by molar-refractivity contribution is 6.25. The predicted molar refractivity (Wildman–Crippen MR) is 301 cm³/mol. The number of benzene rings is 13. The zero-order valence-corrected chi connectivity index (χ0v) is 39.4. The Labute approximate surface area is 418 Å². The molecule has 0 saturated heterocycles. The van der Waals surface area contributed by atoms with Crippen LogP contribution in [-0.4, -0.2) is 0 Å². The zero-order chi connectivity index (χ0) is 47.1. The number of rotatable bonds is 3. The summed E-state index contributed by atoms with van der Waals surface area (Å²) in [7, 11) is 0. The minimum absolute atomic E-state index is 0.535. The quantitative estimate of drug-likeness (QED) is 0.155. The molecule has 2 spiro atoms. The first-order valence-corrected chi connectivity index (χ1v) is 25.3. The highest BCUT2D eigenvalue weighted by Crippen LogP contribution is 2.67. The van der Waals surface area contributed by atoms with Crippen molar-refractivity contribution >= 4 is 43.1 Å². The molecule has 0 radical (unpaired) electrons. The van der Waals surface area contributed by atoms with Gasteiger partial charge in [-0.2, -0.15) is 0 Å². The second-order valence-electron chi connectivity index (χ2n) is 20.1. The van der Waals surface area contributed by atoms with Crippen molar-refractivity contribution in [1.82, 2.24) is 0 Å². The van der Waals surface area contributed by atoms with Crippen molar-refractivity contribution in [1.29, 1.82) is 0 Å². The summed E-state index contributed by atoms with van der Waals surface area (Å²) in [6.45, 7) is 0. The van der Waals surface area contributed by atoms with Crippen molar-refractivity contribution in [3.8, 4) is 55.6 Å². The van der Waals surface area contributed by atoms with Gasteiger partial charge in [0.05, 0.1) is 10.8 Å². The van der Waals surface area contributed by atoms with Crippen LogP contribution in [0.4, 0.5) is 0 Å². The molecule has 0 atom stereocenters. The van der Waals surface area contributed by atoms with Crippen LogP contribution >= 0.6 is 0 Å². The van der Waals surface area contributed by atoms with E-state index in [9.17, 15) is 0 Å². The second kappa shape index (κ2) is 14.7. The molecule has 0 amide bonds. The van der Waals surface area contributed by atoms with E-state index in [-0.39, 0.29) is 0 Å². The molecule has 0 aliphatic heterocycles. The van der Waals surface area contributed by atoms with Crippen LogP contribution in [0.25, 0.3) is 98.7 Å². The van der Waals surface area contributed by atoms with E-state index in [1.54, 1.807) is 0 Å². The summed E-state index contributed by atoms with van der Waals surface area (Å²) in [5, 5.41) is 10.00. The maximum absolute atomic E-state index is 2.60. The third kappa shape index (κ3) is 5.01. The number of fused-ring (bicyclic) bond motifs is 20. The lowest BCUT2D eigenvalue weighted by Crippen LogP contribution is -2.43. The van der Waals surface area contributed by atoms with Crippen LogP contribution in [0, 0.1) is 0 Å². The Morgan fingerprint density at radius 1 is 0.181 bits per heavy atom. The van der Waals surface area contributed by atoms with Gasteiger partial charge in [-0.05, 0) is 155 Å². The molecule has 16 rings (SSSR count). The molecule has 0 aromatic heterocycles. The summed E-state index contributed by atoms with van der Waals surface area (Å²) < 4.78 is 0. The van der Waals surface area contributed by atoms with Gasteiger partial charge in [0.25, 0.3) is 0 Å². The van der Waals surface area contributed by atoms with Gasteiger partial charge in [0.2, 0.25) is 0 Å². The van der Waals surface area contributed by atoms with Crippen LogP contribution < -0.4 is 0 Å². The molecule has 3 aliphatic carbocycles. The first kappa shape index (κ1) is 39.7. The molecule has 0 nitrogen and oxygen atoms in total. The van der Waals surface area contributed by atoms with Crippen molar-refractivity contribution in [3.63, 3.8) is 0 Å². The molecule has 0 bridgehead atoms. The van der Waals surface area contributed by atoms with Gasteiger partial charge in [-0.3, -0.25) is 0 Å². The lowest BCUT2D eigenvalue weighted by atomic mass is 9.52.